The monoisotopic (exact) mass is 248 g/mol. The molecule has 1 aromatic carbocycles. The Kier molecular flexibility index (Phi) is 4.20. The van der Waals surface area contributed by atoms with E-state index in [2.05, 4.69) is 17.6 Å². The van der Waals surface area contributed by atoms with Gasteiger partial charge < -0.3 is 15.4 Å². The first kappa shape index (κ1) is 12.9. The molecule has 18 heavy (non-hydrogen) atoms. The van der Waals surface area contributed by atoms with Crippen molar-refractivity contribution in [2.45, 2.75) is 25.8 Å². The average molecular weight is 248 g/mol. The van der Waals surface area contributed by atoms with Crippen molar-refractivity contribution in [2.75, 3.05) is 24.4 Å². The first-order valence-corrected chi connectivity index (χ1v) is 6.32. The second-order valence-electron chi connectivity index (χ2n) is 4.98. The number of benzene rings is 1. The van der Waals surface area contributed by atoms with Gasteiger partial charge in [0.25, 0.3) is 0 Å². The van der Waals surface area contributed by atoms with Gasteiger partial charge in [0.15, 0.2) is 0 Å². The van der Waals surface area contributed by atoms with Gasteiger partial charge in [-0.25, -0.2) is 0 Å². The second-order valence-corrected chi connectivity index (χ2v) is 4.98. The lowest BCUT2D eigenvalue weighted by molar-refractivity contribution is -0.119. The number of methoxy groups -OCH3 is 1. The normalized spacial score (nSPS) is 22.1. The molecule has 1 amide bonds. The molecule has 0 heterocycles. The Labute approximate surface area is 108 Å². The summed E-state index contributed by atoms with van der Waals surface area (Å²) in [4.78, 5) is 11.3. The number of hydrogen-bond acceptors (Lipinski definition) is 3. The molecule has 0 aromatic heterocycles. The topological polar surface area (TPSA) is 50.4 Å². The molecular formula is C14H20N2O2. The third-order valence-electron chi connectivity index (χ3n) is 3.19. The van der Waals surface area contributed by atoms with Crippen molar-refractivity contribution in [1.29, 1.82) is 0 Å². The van der Waals surface area contributed by atoms with Gasteiger partial charge in [-0.05, 0) is 43.0 Å². The van der Waals surface area contributed by atoms with E-state index in [0.717, 1.165) is 17.3 Å². The zero-order chi connectivity index (χ0) is 13.0. The summed E-state index contributed by atoms with van der Waals surface area (Å²) in [5.74, 6) is 0.709. The molecule has 4 nitrogen and oxygen atoms in total. The lowest BCUT2D eigenvalue weighted by Gasteiger charge is -2.34. The van der Waals surface area contributed by atoms with E-state index in [1.165, 1.54) is 20.0 Å². The van der Waals surface area contributed by atoms with Gasteiger partial charge in [-0.15, -0.1) is 0 Å². The molecule has 0 atom stereocenters. The smallest absolute Gasteiger partial charge is 0.250 e. The third kappa shape index (κ3) is 3.47. The summed E-state index contributed by atoms with van der Waals surface area (Å²) >= 11 is 0. The molecule has 1 aliphatic carbocycles. The second kappa shape index (κ2) is 5.87. The highest BCUT2D eigenvalue weighted by Gasteiger charge is 2.24. The maximum absolute atomic E-state index is 11.3. The molecule has 1 fully saturated rings. The molecule has 1 aromatic rings. The Balaban J connectivity index is 1.83. The number of rotatable bonds is 5. The number of anilines is 2. The van der Waals surface area contributed by atoms with Gasteiger partial charge in [0.05, 0.1) is 0 Å². The van der Waals surface area contributed by atoms with Crippen molar-refractivity contribution in [3.05, 3.63) is 24.3 Å². The summed E-state index contributed by atoms with van der Waals surface area (Å²) in [6.07, 6.45) is 2.48. The fraction of sp³-hybridized carbons (Fsp3) is 0.500. The van der Waals surface area contributed by atoms with Gasteiger partial charge in [-0.1, -0.05) is 6.92 Å². The summed E-state index contributed by atoms with van der Waals surface area (Å²) in [7, 11) is 1.51. The maximum Gasteiger partial charge on any atom is 0.250 e. The van der Waals surface area contributed by atoms with Gasteiger partial charge in [0, 0.05) is 24.5 Å². The lowest BCUT2D eigenvalue weighted by atomic mass is 9.82. The highest BCUT2D eigenvalue weighted by atomic mass is 16.5. The van der Waals surface area contributed by atoms with Crippen LogP contribution in [0.25, 0.3) is 0 Å². The van der Waals surface area contributed by atoms with Crippen LogP contribution in [0, 0.1) is 5.92 Å². The van der Waals surface area contributed by atoms with E-state index in [1.54, 1.807) is 0 Å². The molecule has 0 spiro atoms. The number of hydrogen-bond donors (Lipinski definition) is 2. The fourth-order valence-electron chi connectivity index (χ4n) is 2.23. The molecule has 0 saturated heterocycles. The molecule has 4 heteroatoms. The molecule has 2 rings (SSSR count). The molecule has 2 N–H and O–H groups in total. The van der Waals surface area contributed by atoms with Crippen LogP contribution in [0.5, 0.6) is 0 Å². The van der Waals surface area contributed by atoms with E-state index in [9.17, 15) is 4.79 Å². The van der Waals surface area contributed by atoms with Crippen molar-refractivity contribution in [1.82, 2.24) is 0 Å². The highest BCUT2D eigenvalue weighted by molar-refractivity contribution is 5.91. The van der Waals surface area contributed by atoms with E-state index >= 15 is 0 Å². The van der Waals surface area contributed by atoms with Gasteiger partial charge in [-0.2, -0.15) is 0 Å². The number of ether oxygens (including phenoxy) is 1. The molecule has 1 aliphatic rings. The summed E-state index contributed by atoms with van der Waals surface area (Å²) in [6, 6.07) is 8.39. The zero-order valence-corrected chi connectivity index (χ0v) is 10.9. The van der Waals surface area contributed by atoms with Gasteiger partial charge in [0.2, 0.25) is 5.91 Å². The van der Waals surface area contributed by atoms with Crippen LogP contribution in [0.3, 0.4) is 0 Å². The minimum absolute atomic E-state index is 0.0833. The molecular weight excluding hydrogens is 228 g/mol. The summed E-state index contributed by atoms with van der Waals surface area (Å²) in [5.41, 5.74) is 1.90. The van der Waals surface area contributed by atoms with Crippen molar-refractivity contribution in [2.24, 2.45) is 5.92 Å². The number of carbonyl (C=O) groups is 1. The largest absolute Gasteiger partial charge is 0.382 e. The van der Waals surface area contributed by atoms with Crippen molar-refractivity contribution in [3.63, 3.8) is 0 Å². The Morgan fingerprint density at radius 2 is 1.89 bits per heavy atom. The van der Waals surface area contributed by atoms with E-state index in [4.69, 9.17) is 4.74 Å². The SMILES string of the molecule is COCC(=O)Nc1ccc(NC2CC(C)C2)cc1. The van der Waals surface area contributed by atoms with E-state index in [0.29, 0.717) is 6.04 Å². The number of carbonyl (C=O) groups excluding carboxylic acids is 1. The maximum atomic E-state index is 11.3. The Hall–Kier alpha value is -1.55. The van der Waals surface area contributed by atoms with Crippen molar-refractivity contribution < 1.29 is 9.53 Å². The van der Waals surface area contributed by atoms with Gasteiger partial charge in [-0.3, -0.25) is 4.79 Å². The molecule has 0 radical (unpaired) electrons. The first-order chi connectivity index (χ1) is 8.67. The van der Waals surface area contributed by atoms with Crippen molar-refractivity contribution in [3.8, 4) is 0 Å². The Bertz CT molecular complexity index is 397. The average Bonchev–Trinajstić information content (AvgIpc) is 2.30. The number of amides is 1. The van der Waals surface area contributed by atoms with Crippen molar-refractivity contribution >= 4 is 17.3 Å². The van der Waals surface area contributed by atoms with E-state index in [-0.39, 0.29) is 12.5 Å². The van der Waals surface area contributed by atoms with Gasteiger partial charge in [0.1, 0.15) is 6.61 Å². The standard InChI is InChI=1S/C14H20N2O2/c1-10-7-13(8-10)15-11-3-5-12(6-4-11)16-14(17)9-18-2/h3-6,10,13,15H,7-9H2,1-2H3,(H,16,17). The molecule has 0 unspecified atom stereocenters. The Morgan fingerprint density at radius 3 is 2.44 bits per heavy atom. The van der Waals surface area contributed by atoms with Crippen LogP contribution in [0.4, 0.5) is 11.4 Å². The zero-order valence-electron chi connectivity index (χ0n) is 10.9. The molecule has 0 bridgehead atoms. The van der Waals surface area contributed by atoms with E-state index < -0.39 is 0 Å². The van der Waals surface area contributed by atoms with Crippen LogP contribution < -0.4 is 10.6 Å². The van der Waals surface area contributed by atoms with Crippen LogP contribution in [0.2, 0.25) is 0 Å². The fourth-order valence-corrected chi connectivity index (χ4v) is 2.23. The predicted molar refractivity (Wildman–Crippen MR) is 72.8 cm³/mol. The van der Waals surface area contributed by atoms with Crippen LogP contribution in [-0.2, 0) is 9.53 Å². The quantitative estimate of drug-likeness (QED) is 0.841. The first-order valence-electron chi connectivity index (χ1n) is 6.32. The summed E-state index contributed by atoms with van der Waals surface area (Å²) in [6.45, 7) is 2.35. The van der Waals surface area contributed by atoms with Crippen LogP contribution in [0.15, 0.2) is 24.3 Å². The molecule has 1 saturated carbocycles. The summed E-state index contributed by atoms with van der Waals surface area (Å²) < 4.78 is 4.76. The van der Waals surface area contributed by atoms with E-state index in [1.807, 2.05) is 24.3 Å². The van der Waals surface area contributed by atoms with Gasteiger partial charge >= 0.3 is 0 Å². The third-order valence-corrected chi connectivity index (χ3v) is 3.19. The van der Waals surface area contributed by atoms with Crippen LogP contribution >= 0.6 is 0 Å². The molecule has 98 valence electrons. The minimum Gasteiger partial charge on any atom is -0.382 e. The molecule has 0 aliphatic heterocycles. The number of nitrogens with one attached hydrogen (secondary N) is 2. The Morgan fingerprint density at radius 1 is 1.28 bits per heavy atom. The summed E-state index contributed by atoms with van der Waals surface area (Å²) in [5, 5.41) is 6.24. The predicted octanol–water partition coefficient (Wildman–Crippen LogP) is 2.48. The van der Waals surface area contributed by atoms with Crippen LogP contribution in [0.1, 0.15) is 19.8 Å². The van der Waals surface area contributed by atoms with Crippen LogP contribution in [-0.4, -0.2) is 25.7 Å². The lowest BCUT2D eigenvalue weighted by Crippen LogP contribution is -2.33. The highest BCUT2D eigenvalue weighted by Crippen LogP contribution is 2.29. The minimum atomic E-state index is -0.133.